The molecule has 27 heavy (non-hydrogen) atoms. The van der Waals surface area contributed by atoms with Crippen molar-refractivity contribution in [3.8, 4) is 0 Å². The molecule has 0 fully saturated rings. The van der Waals surface area contributed by atoms with E-state index in [1.807, 2.05) is 60.7 Å². The molecule has 0 radical (unpaired) electrons. The normalized spacial score (nSPS) is 12.1. The zero-order valence-electron chi connectivity index (χ0n) is 14.9. The molecule has 0 bridgehead atoms. The van der Waals surface area contributed by atoms with E-state index in [0.29, 0.717) is 0 Å². The molecule has 0 aliphatic heterocycles. The smallest absolute Gasteiger partial charge is 0.214 e. The van der Waals surface area contributed by atoms with E-state index in [0.717, 1.165) is 28.6 Å². The van der Waals surface area contributed by atoms with Crippen LogP contribution < -0.4 is 0 Å². The van der Waals surface area contributed by atoms with Crippen molar-refractivity contribution in [2.45, 2.75) is 12.5 Å². The number of para-hydroxylation sites is 1. The molecule has 0 spiro atoms. The van der Waals surface area contributed by atoms with Gasteiger partial charge in [-0.1, -0.05) is 78.9 Å². The van der Waals surface area contributed by atoms with Crippen molar-refractivity contribution in [1.82, 2.24) is 4.57 Å². The van der Waals surface area contributed by atoms with E-state index in [2.05, 4.69) is 35.0 Å². The fourth-order valence-electron chi connectivity index (χ4n) is 3.68. The molecular formula is C23H20N2O2. The lowest BCUT2D eigenvalue weighted by molar-refractivity contribution is -0.481. The summed E-state index contributed by atoms with van der Waals surface area (Å²) in [7, 11) is 0. The quantitative estimate of drug-likeness (QED) is 0.356. The van der Waals surface area contributed by atoms with E-state index in [1.165, 1.54) is 5.56 Å². The highest BCUT2D eigenvalue weighted by Crippen LogP contribution is 2.33. The summed E-state index contributed by atoms with van der Waals surface area (Å²) in [5, 5.41) is 12.5. The second-order valence-electron chi connectivity index (χ2n) is 6.69. The number of nitro groups is 1. The third-order valence-electron chi connectivity index (χ3n) is 4.92. The second kappa shape index (κ2) is 7.46. The summed E-state index contributed by atoms with van der Waals surface area (Å²) in [5.41, 5.74) is 4.28. The van der Waals surface area contributed by atoms with E-state index < -0.39 is 0 Å². The maximum atomic E-state index is 11.4. The zero-order chi connectivity index (χ0) is 18.6. The summed E-state index contributed by atoms with van der Waals surface area (Å²) in [4.78, 5) is 11.2. The average Bonchev–Trinajstić information content (AvgIpc) is 3.06. The average molecular weight is 356 g/mol. The van der Waals surface area contributed by atoms with Gasteiger partial charge in [0.25, 0.3) is 0 Å². The van der Waals surface area contributed by atoms with E-state index in [9.17, 15) is 10.1 Å². The Bertz CT molecular complexity index is 1060. The first-order valence-corrected chi connectivity index (χ1v) is 9.01. The van der Waals surface area contributed by atoms with Crippen LogP contribution in [0.4, 0.5) is 0 Å². The van der Waals surface area contributed by atoms with Crippen LogP contribution in [0, 0.1) is 10.1 Å². The van der Waals surface area contributed by atoms with Gasteiger partial charge in [0, 0.05) is 28.6 Å². The van der Waals surface area contributed by atoms with Crippen LogP contribution in [0.5, 0.6) is 0 Å². The molecule has 0 saturated carbocycles. The molecule has 0 aliphatic carbocycles. The molecule has 0 aliphatic rings. The molecular weight excluding hydrogens is 336 g/mol. The van der Waals surface area contributed by atoms with E-state index >= 15 is 0 Å². The van der Waals surface area contributed by atoms with Crippen LogP contribution in [0.3, 0.4) is 0 Å². The topological polar surface area (TPSA) is 48.1 Å². The number of aromatic nitrogens is 1. The highest BCUT2D eigenvalue weighted by molar-refractivity contribution is 5.85. The van der Waals surface area contributed by atoms with Crippen molar-refractivity contribution in [1.29, 1.82) is 0 Å². The molecule has 0 N–H and O–H groups in total. The molecule has 4 heteroatoms. The number of fused-ring (bicyclic) bond motifs is 1. The fraction of sp³-hybridized carbons (Fsp3) is 0.130. The molecule has 3 aromatic carbocycles. The van der Waals surface area contributed by atoms with Gasteiger partial charge in [0.05, 0.1) is 5.92 Å². The van der Waals surface area contributed by atoms with Gasteiger partial charge in [-0.2, -0.15) is 0 Å². The third-order valence-corrected chi connectivity index (χ3v) is 4.92. The maximum absolute atomic E-state index is 11.4. The second-order valence-corrected chi connectivity index (χ2v) is 6.69. The van der Waals surface area contributed by atoms with Crippen molar-refractivity contribution < 1.29 is 4.92 Å². The van der Waals surface area contributed by atoms with Crippen molar-refractivity contribution in [2.24, 2.45) is 0 Å². The molecule has 0 unspecified atom stereocenters. The molecule has 4 rings (SSSR count). The first-order valence-electron chi connectivity index (χ1n) is 9.01. The molecule has 4 aromatic rings. The van der Waals surface area contributed by atoms with Crippen LogP contribution in [0.25, 0.3) is 10.9 Å². The Kier molecular flexibility index (Phi) is 4.71. The lowest BCUT2D eigenvalue weighted by Crippen LogP contribution is -2.13. The number of hydrogen-bond acceptors (Lipinski definition) is 2. The van der Waals surface area contributed by atoms with Gasteiger partial charge >= 0.3 is 0 Å². The summed E-state index contributed by atoms with van der Waals surface area (Å²) in [5.74, 6) is -0.275. The minimum atomic E-state index is -0.275. The molecule has 1 aromatic heterocycles. The minimum absolute atomic E-state index is 0.122. The van der Waals surface area contributed by atoms with Gasteiger partial charge in [-0.3, -0.25) is 10.1 Å². The zero-order valence-corrected chi connectivity index (χ0v) is 14.9. The molecule has 134 valence electrons. The summed E-state index contributed by atoms with van der Waals surface area (Å²) < 4.78 is 2.19. The van der Waals surface area contributed by atoms with Crippen molar-refractivity contribution in [3.63, 3.8) is 0 Å². The van der Waals surface area contributed by atoms with Gasteiger partial charge < -0.3 is 4.57 Å². The van der Waals surface area contributed by atoms with Gasteiger partial charge in [0.1, 0.15) is 0 Å². The Morgan fingerprint density at radius 1 is 0.852 bits per heavy atom. The van der Waals surface area contributed by atoms with E-state index in [4.69, 9.17) is 0 Å². The SMILES string of the molecule is O=[N+]([O-])C[C@@H](c1ccccc1)c1cn(Cc2ccccc2)c2ccccc12. The molecule has 4 nitrogen and oxygen atoms in total. The van der Waals surface area contributed by atoms with Gasteiger partial charge in [0.15, 0.2) is 0 Å². The third kappa shape index (κ3) is 3.60. The lowest BCUT2D eigenvalue weighted by atomic mass is 9.91. The van der Waals surface area contributed by atoms with Crippen LogP contribution in [0.1, 0.15) is 22.6 Å². The van der Waals surface area contributed by atoms with Crippen LogP contribution in [-0.4, -0.2) is 16.0 Å². The van der Waals surface area contributed by atoms with Gasteiger partial charge in [0.2, 0.25) is 6.54 Å². The standard InChI is InChI=1S/C23H20N2O2/c26-25(27)17-21(19-11-5-2-6-12-19)22-16-24(15-18-9-3-1-4-10-18)23-14-8-7-13-20(22)23/h1-14,16,21H,15,17H2/t21-/m0/s1. The van der Waals surface area contributed by atoms with Gasteiger partial charge in [-0.15, -0.1) is 0 Å². The first-order chi connectivity index (χ1) is 13.2. The Balaban J connectivity index is 1.83. The Morgan fingerprint density at radius 2 is 1.48 bits per heavy atom. The van der Waals surface area contributed by atoms with Crippen LogP contribution in [0.15, 0.2) is 91.1 Å². The monoisotopic (exact) mass is 356 g/mol. The molecule has 0 amide bonds. The van der Waals surface area contributed by atoms with Crippen molar-refractivity contribution >= 4 is 10.9 Å². The van der Waals surface area contributed by atoms with Crippen molar-refractivity contribution in [3.05, 3.63) is 118 Å². The summed E-state index contributed by atoms with van der Waals surface area (Å²) in [6.45, 7) is 0.616. The largest absolute Gasteiger partial charge is 0.343 e. The summed E-state index contributed by atoms with van der Waals surface area (Å²) in [6, 6.07) is 28.1. The Morgan fingerprint density at radius 3 is 2.19 bits per heavy atom. The minimum Gasteiger partial charge on any atom is -0.343 e. The highest BCUT2D eigenvalue weighted by Gasteiger charge is 2.24. The first kappa shape index (κ1) is 17.0. The van der Waals surface area contributed by atoms with Crippen LogP contribution in [0.2, 0.25) is 0 Å². The van der Waals surface area contributed by atoms with Crippen molar-refractivity contribution in [2.75, 3.05) is 6.54 Å². The lowest BCUT2D eigenvalue weighted by Gasteiger charge is -2.12. The number of benzene rings is 3. The Labute approximate surface area is 157 Å². The number of hydrogen-bond donors (Lipinski definition) is 0. The predicted molar refractivity (Wildman–Crippen MR) is 108 cm³/mol. The van der Waals surface area contributed by atoms with Gasteiger partial charge in [-0.25, -0.2) is 0 Å². The Hall–Kier alpha value is -3.40. The van der Waals surface area contributed by atoms with E-state index in [-0.39, 0.29) is 17.4 Å². The summed E-state index contributed by atoms with van der Waals surface area (Å²) >= 11 is 0. The predicted octanol–water partition coefficient (Wildman–Crippen LogP) is 5.10. The molecule has 1 heterocycles. The fourth-order valence-corrected chi connectivity index (χ4v) is 3.68. The molecule has 0 saturated heterocycles. The number of rotatable bonds is 6. The van der Waals surface area contributed by atoms with Gasteiger partial charge in [-0.05, 0) is 22.8 Å². The molecule has 1 atom stereocenters. The van der Waals surface area contributed by atoms with E-state index in [1.54, 1.807) is 0 Å². The number of nitrogens with zero attached hydrogens (tertiary/aromatic N) is 2. The van der Waals surface area contributed by atoms with Crippen LogP contribution in [-0.2, 0) is 6.54 Å². The summed E-state index contributed by atoms with van der Waals surface area (Å²) in [6.07, 6.45) is 2.08. The highest BCUT2D eigenvalue weighted by atomic mass is 16.6. The van der Waals surface area contributed by atoms with Crippen LogP contribution >= 0.6 is 0 Å². The maximum Gasteiger partial charge on any atom is 0.214 e.